The number of likely N-dealkylation sites (N-methyl/N-ethyl adjacent to an activating group) is 1. The second-order valence-electron chi connectivity index (χ2n) is 8.08. The van der Waals surface area contributed by atoms with E-state index in [0.717, 1.165) is 62.9 Å². The van der Waals surface area contributed by atoms with Gasteiger partial charge in [-0.1, -0.05) is 60.2 Å². The molecule has 1 saturated heterocycles. The molecule has 2 fully saturated rings. The quantitative estimate of drug-likeness (QED) is 0.805. The van der Waals surface area contributed by atoms with Crippen LogP contribution in [0.4, 0.5) is 0 Å². The molecular formula is C21H33BrN2O. The van der Waals surface area contributed by atoms with Gasteiger partial charge in [0, 0.05) is 43.1 Å². The van der Waals surface area contributed by atoms with Crippen molar-refractivity contribution in [2.75, 3.05) is 39.8 Å². The fourth-order valence-corrected chi connectivity index (χ4v) is 4.88. The molecule has 3 rings (SSSR count). The van der Waals surface area contributed by atoms with Crippen molar-refractivity contribution in [1.82, 2.24) is 9.80 Å². The summed E-state index contributed by atoms with van der Waals surface area (Å²) in [6.07, 6.45) is 8.06. The number of rotatable bonds is 4. The van der Waals surface area contributed by atoms with Gasteiger partial charge in [0.2, 0.25) is 0 Å². The highest BCUT2D eigenvalue weighted by molar-refractivity contribution is 9.10. The van der Waals surface area contributed by atoms with Crippen molar-refractivity contribution in [3.05, 3.63) is 34.3 Å². The minimum atomic E-state index is -0.565. The van der Waals surface area contributed by atoms with Crippen molar-refractivity contribution in [2.45, 2.75) is 56.5 Å². The molecule has 0 radical (unpaired) electrons. The van der Waals surface area contributed by atoms with E-state index < -0.39 is 5.60 Å². The zero-order valence-electron chi connectivity index (χ0n) is 15.6. The first-order chi connectivity index (χ1) is 12.1. The third kappa shape index (κ3) is 5.29. The van der Waals surface area contributed by atoms with E-state index in [1.54, 1.807) is 0 Å². The first kappa shape index (κ1) is 19.3. The van der Waals surface area contributed by atoms with Crippen molar-refractivity contribution in [3.63, 3.8) is 0 Å². The molecule has 0 amide bonds. The lowest BCUT2D eigenvalue weighted by Crippen LogP contribution is -2.49. The van der Waals surface area contributed by atoms with Crippen LogP contribution in [0.1, 0.15) is 56.4 Å². The topological polar surface area (TPSA) is 26.7 Å². The Morgan fingerprint density at radius 1 is 1.04 bits per heavy atom. The number of piperazine rings is 1. The Bertz CT molecular complexity index is 534. The van der Waals surface area contributed by atoms with Gasteiger partial charge in [-0.25, -0.2) is 0 Å². The fourth-order valence-electron chi connectivity index (χ4n) is 4.46. The van der Waals surface area contributed by atoms with E-state index >= 15 is 0 Å². The van der Waals surface area contributed by atoms with Crippen LogP contribution in [0.3, 0.4) is 0 Å². The van der Waals surface area contributed by atoms with E-state index in [1.165, 1.54) is 24.8 Å². The lowest BCUT2D eigenvalue weighted by Gasteiger charge is -2.42. The Labute approximate surface area is 161 Å². The van der Waals surface area contributed by atoms with E-state index in [9.17, 15) is 5.11 Å². The summed E-state index contributed by atoms with van der Waals surface area (Å²) in [5.41, 5.74) is 0.723. The predicted molar refractivity (Wildman–Crippen MR) is 108 cm³/mol. The van der Waals surface area contributed by atoms with Crippen LogP contribution in [0.2, 0.25) is 0 Å². The fraction of sp³-hybridized carbons (Fsp3) is 0.714. The highest BCUT2D eigenvalue weighted by atomic mass is 79.9. The third-order valence-electron chi connectivity index (χ3n) is 6.16. The van der Waals surface area contributed by atoms with Crippen molar-refractivity contribution in [2.24, 2.45) is 0 Å². The van der Waals surface area contributed by atoms with Crippen molar-refractivity contribution < 1.29 is 5.11 Å². The standard InChI is InChI=1S/C21H33BrN2O/c1-23-12-14-24(15-13-23)17-20(18-8-7-9-19(22)16-18)21(25)10-5-3-2-4-6-11-21/h7-9,16,20,25H,2-6,10-15,17H2,1H3. The van der Waals surface area contributed by atoms with Gasteiger partial charge >= 0.3 is 0 Å². The second kappa shape index (κ2) is 8.98. The van der Waals surface area contributed by atoms with Crippen LogP contribution in [0, 0.1) is 0 Å². The molecule has 1 aromatic rings. The summed E-state index contributed by atoms with van der Waals surface area (Å²) in [6.45, 7) is 5.45. The SMILES string of the molecule is CN1CCN(CC(c2cccc(Br)c2)C2(O)CCCCCCC2)CC1. The monoisotopic (exact) mass is 408 g/mol. The first-order valence-corrected chi connectivity index (χ1v) is 10.7. The van der Waals surface area contributed by atoms with Crippen LogP contribution < -0.4 is 0 Å². The minimum absolute atomic E-state index is 0.200. The molecule has 1 aliphatic carbocycles. The Morgan fingerprint density at radius 3 is 2.32 bits per heavy atom. The van der Waals surface area contributed by atoms with Gasteiger partial charge in [0.05, 0.1) is 5.60 Å². The van der Waals surface area contributed by atoms with E-state index in [1.807, 2.05) is 0 Å². The van der Waals surface area contributed by atoms with Crippen molar-refractivity contribution >= 4 is 15.9 Å². The zero-order valence-corrected chi connectivity index (χ0v) is 17.2. The maximum atomic E-state index is 11.7. The summed E-state index contributed by atoms with van der Waals surface area (Å²) in [6, 6.07) is 8.63. The molecule has 3 nitrogen and oxygen atoms in total. The number of aliphatic hydroxyl groups is 1. The zero-order chi connectivity index (χ0) is 17.7. The summed E-state index contributed by atoms with van der Waals surface area (Å²) < 4.78 is 1.11. The first-order valence-electron chi connectivity index (χ1n) is 9.96. The summed E-state index contributed by atoms with van der Waals surface area (Å²) in [4.78, 5) is 4.96. The number of nitrogens with zero attached hydrogens (tertiary/aromatic N) is 2. The molecule has 1 atom stereocenters. The van der Waals surface area contributed by atoms with Crippen molar-refractivity contribution in [3.8, 4) is 0 Å². The molecule has 0 aromatic heterocycles. The molecule has 0 bridgehead atoms. The summed E-state index contributed by atoms with van der Waals surface area (Å²) in [5, 5.41) is 11.7. The van der Waals surface area contributed by atoms with Gasteiger partial charge in [-0.15, -0.1) is 0 Å². The molecule has 1 aliphatic heterocycles. The second-order valence-corrected chi connectivity index (χ2v) is 9.00. The molecule has 0 spiro atoms. The van der Waals surface area contributed by atoms with Gasteiger partial charge in [-0.05, 0) is 37.6 Å². The number of hydrogen-bond donors (Lipinski definition) is 1. The maximum absolute atomic E-state index is 11.7. The predicted octanol–water partition coefficient (Wildman–Crippen LogP) is 4.26. The molecule has 1 unspecified atom stereocenters. The van der Waals surface area contributed by atoms with Crippen LogP contribution in [-0.2, 0) is 0 Å². The summed E-state index contributed by atoms with van der Waals surface area (Å²) >= 11 is 3.63. The van der Waals surface area contributed by atoms with Crippen LogP contribution in [0.5, 0.6) is 0 Å². The maximum Gasteiger partial charge on any atom is 0.0728 e. The minimum Gasteiger partial charge on any atom is -0.389 e. The highest BCUT2D eigenvalue weighted by Crippen LogP contribution is 2.39. The summed E-state index contributed by atoms with van der Waals surface area (Å²) in [7, 11) is 2.20. The van der Waals surface area contributed by atoms with Gasteiger partial charge in [0.25, 0.3) is 0 Å². The van der Waals surface area contributed by atoms with E-state index in [-0.39, 0.29) is 5.92 Å². The Balaban J connectivity index is 1.82. The van der Waals surface area contributed by atoms with Gasteiger partial charge < -0.3 is 14.9 Å². The largest absolute Gasteiger partial charge is 0.389 e. The van der Waals surface area contributed by atoms with Gasteiger partial charge in [-0.2, -0.15) is 0 Å². The molecule has 1 aromatic carbocycles. The smallest absolute Gasteiger partial charge is 0.0728 e. The molecule has 1 saturated carbocycles. The van der Waals surface area contributed by atoms with Gasteiger partial charge in [-0.3, -0.25) is 0 Å². The molecule has 1 N–H and O–H groups in total. The lowest BCUT2D eigenvalue weighted by atomic mass is 9.74. The van der Waals surface area contributed by atoms with Crippen LogP contribution in [0.15, 0.2) is 28.7 Å². The van der Waals surface area contributed by atoms with Crippen LogP contribution >= 0.6 is 15.9 Å². The molecule has 25 heavy (non-hydrogen) atoms. The van der Waals surface area contributed by atoms with Crippen LogP contribution in [-0.4, -0.2) is 60.3 Å². The number of hydrogen-bond acceptors (Lipinski definition) is 3. The van der Waals surface area contributed by atoms with E-state index in [2.05, 4.69) is 57.0 Å². The van der Waals surface area contributed by atoms with Crippen LogP contribution in [0.25, 0.3) is 0 Å². The Kier molecular flexibility index (Phi) is 6.95. The third-order valence-corrected chi connectivity index (χ3v) is 6.65. The number of halogens is 1. The lowest BCUT2D eigenvalue weighted by molar-refractivity contribution is -0.0254. The van der Waals surface area contributed by atoms with Gasteiger partial charge in [0.15, 0.2) is 0 Å². The molecule has 1 heterocycles. The summed E-state index contributed by atoms with van der Waals surface area (Å²) in [5.74, 6) is 0.200. The Morgan fingerprint density at radius 2 is 1.68 bits per heavy atom. The molecular weight excluding hydrogens is 376 g/mol. The van der Waals surface area contributed by atoms with Crippen molar-refractivity contribution in [1.29, 1.82) is 0 Å². The average Bonchev–Trinajstić information content (AvgIpc) is 2.58. The molecule has 4 heteroatoms. The highest BCUT2D eigenvalue weighted by Gasteiger charge is 2.38. The van der Waals surface area contributed by atoms with E-state index in [4.69, 9.17) is 0 Å². The molecule has 140 valence electrons. The molecule has 2 aliphatic rings. The Hall–Kier alpha value is -0.420. The number of benzene rings is 1. The average molecular weight is 409 g/mol. The normalized spacial score (nSPS) is 24.4. The van der Waals surface area contributed by atoms with E-state index in [0.29, 0.717) is 0 Å². The van der Waals surface area contributed by atoms with Gasteiger partial charge in [0.1, 0.15) is 0 Å².